The summed E-state index contributed by atoms with van der Waals surface area (Å²) in [6.45, 7) is 0. The summed E-state index contributed by atoms with van der Waals surface area (Å²) in [5, 5.41) is 0.833. The van der Waals surface area contributed by atoms with Crippen molar-refractivity contribution in [2.24, 2.45) is 0 Å². The summed E-state index contributed by atoms with van der Waals surface area (Å²) in [5.41, 5.74) is 2.16. The fourth-order valence-corrected chi connectivity index (χ4v) is 2.86. The maximum Gasteiger partial charge on any atom is 0.197 e. The summed E-state index contributed by atoms with van der Waals surface area (Å²) in [7, 11) is 0. The minimum Gasteiger partial charge on any atom is -0.293 e. The molecule has 0 saturated carbocycles. The van der Waals surface area contributed by atoms with Crippen molar-refractivity contribution in [1.82, 2.24) is 9.97 Å². The van der Waals surface area contributed by atoms with E-state index in [1.54, 1.807) is 24.4 Å². The first-order valence-electron chi connectivity index (χ1n) is 6.64. The molecule has 1 aliphatic carbocycles. The van der Waals surface area contributed by atoms with Crippen LogP contribution in [0.25, 0.3) is 10.9 Å². The van der Waals surface area contributed by atoms with Gasteiger partial charge >= 0.3 is 0 Å². The van der Waals surface area contributed by atoms with E-state index >= 15 is 0 Å². The van der Waals surface area contributed by atoms with E-state index < -0.39 is 5.92 Å². The minimum atomic E-state index is -0.803. The topological polar surface area (TPSA) is 59.9 Å². The zero-order valence-electron chi connectivity index (χ0n) is 11.0. The zero-order chi connectivity index (χ0) is 14.4. The zero-order valence-corrected chi connectivity index (χ0v) is 11.0. The predicted molar refractivity (Wildman–Crippen MR) is 77.4 cm³/mol. The Morgan fingerprint density at radius 2 is 1.67 bits per heavy atom. The molecule has 0 radical (unpaired) electrons. The average Bonchev–Trinajstić information content (AvgIpc) is 2.79. The van der Waals surface area contributed by atoms with Gasteiger partial charge in [0, 0.05) is 23.3 Å². The van der Waals surface area contributed by atoms with Crippen molar-refractivity contribution in [2.45, 2.75) is 5.92 Å². The molecule has 100 valence electrons. The Hall–Kier alpha value is -2.88. The van der Waals surface area contributed by atoms with Crippen molar-refractivity contribution in [3.63, 3.8) is 0 Å². The van der Waals surface area contributed by atoms with Gasteiger partial charge in [-0.25, -0.2) is 0 Å². The SMILES string of the molecule is O=C1c2cccnc2C(=O)C1c1ccnc2ccccc12. The van der Waals surface area contributed by atoms with Crippen LogP contribution in [-0.2, 0) is 0 Å². The number of rotatable bonds is 1. The highest BCUT2D eigenvalue weighted by Crippen LogP contribution is 2.35. The molecular weight excluding hydrogens is 264 g/mol. The molecular formula is C17H10N2O2. The Labute approximate surface area is 120 Å². The molecule has 0 aliphatic heterocycles. The summed E-state index contributed by atoms with van der Waals surface area (Å²) in [6, 6.07) is 12.6. The van der Waals surface area contributed by atoms with Crippen LogP contribution in [0.1, 0.15) is 32.3 Å². The summed E-state index contributed by atoms with van der Waals surface area (Å²) >= 11 is 0. The maximum absolute atomic E-state index is 12.6. The van der Waals surface area contributed by atoms with Gasteiger partial charge in [-0.05, 0) is 29.8 Å². The second kappa shape index (κ2) is 4.31. The van der Waals surface area contributed by atoms with Gasteiger partial charge in [0.05, 0.1) is 5.52 Å². The molecule has 0 saturated heterocycles. The van der Waals surface area contributed by atoms with Crippen LogP contribution in [0, 0.1) is 0 Å². The molecule has 1 aromatic carbocycles. The molecule has 3 aromatic rings. The summed E-state index contributed by atoms with van der Waals surface area (Å²) in [6.07, 6.45) is 3.17. The normalized spacial score (nSPS) is 17.2. The van der Waals surface area contributed by atoms with Crippen LogP contribution in [0.4, 0.5) is 0 Å². The van der Waals surface area contributed by atoms with Crippen LogP contribution in [-0.4, -0.2) is 21.5 Å². The summed E-state index contributed by atoms with van der Waals surface area (Å²) in [5.74, 6) is -1.21. The quantitative estimate of drug-likeness (QED) is 0.640. The van der Waals surface area contributed by atoms with E-state index in [-0.39, 0.29) is 17.3 Å². The van der Waals surface area contributed by atoms with E-state index in [1.165, 1.54) is 6.20 Å². The highest BCUT2D eigenvalue weighted by Gasteiger charge is 2.41. The number of nitrogens with zero attached hydrogens (tertiary/aromatic N) is 2. The number of Topliss-reactive ketones (excluding diaryl/α,β-unsaturated/α-hetero) is 2. The van der Waals surface area contributed by atoms with E-state index in [0.717, 1.165) is 10.9 Å². The molecule has 2 heterocycles. The lowest BCUT2D eigenvalue weighted by molar-refractivity contribution is 0.0889. The Morgan fingerprint density at radius 3 is 2.52 bits per heavy atom. The van der Waals surface area contributed by atoms with Crippen LogP contribution in [0.3, 0.4) is 0 Å². The molecule has 4 rings (SSSR count). The van der Waals surface area contributed by atoms with Gasteiger partial charge in [-0.2, -0.15) is 0 Å². The molecule has 0 N–H and O–H groups in total. The Kier molecular flexibility index (Phi) is 2.44. The van der Waals surface area contributed by atoms with Crippen molar-refractivity contribution < 1.29 is 9.59 Å². The lowest BCUT2D eigenvalue weighted by atomic mass is 9.92. The third kappa shape index (κ3) is 1.62. The monoisotopic (exact) mass is 274 g/mol. The molecule has 1 atom stereocenters. The maximum atomic E-state index is 12.6. The van der Waals surface area contributed by atoms with Gasteiger partial charge in [0.25, 0.3) is 0 Å². The van der Waals surface area contributed by atoms with Crippen LogP contribution < -0.4 is 0 Å². The smallest absolute Gasteiger partial charge is 0.197 e. The van der Waals surface area contributed by atoms with Crippen LogP contribution in [0.5, 0.6) is 0 Å². The van der Waals surface area contributed by atoms with Crippen molar-refractivity contribution in [1.29, 1.82) is 0 Å². The number of aromatic nitrogens is 2. The van der Waals surface area contributed by atoms with Gasteiger partial charge in [-0.15, -0.1) is 0 Å². The Balaban J connectivity index is 1.95. The van der Waals surface area contributed by atoms with Crippen LogP contribution in [0.2, 0.25) is 0 Å². The molecule has 4 heteroatoms. The number of carbonyl (C=O) groups is 2. The van der Waals surface area contributed by atoms with E-state index in [2.05, 4.69) is 9.97 Å². The third-order valence-corrected chi connectivity index (χ3v) is 3.82. The largest absolute Gasteiger partial charge is 0.293 e. The third-order valence-electron chi connectivity index (χ3n) is 3.82. The lowest BCUT2D eigenvalue weighted by Crippen LogP contribution is -2.13. The number of carbonyl (C=O) groups excluding carboxylic acids is 2. The second-order valence-corrected chi connectivity index (χ2v) is 4.98. The molecule has 21 heavy (non-hydrogen) atoms. The first-order valence-corrected chi connectivity index (χ1v) is 6.64. The molecule has 0 spiro atoms. The van der Waals surface area contributed by atoms with E-state index in [0.29, 0.717) is 11.1 Å². The highest BCUT2D eigenvalue weighted by atomic mass is 16.2. The molecule has 1 unspecified atom stereocenters. The van der Waals surface area contributed by atoms with Gasteiger partial charge in [-0.3, -0.25) is 19.6 Å². The Bertz CT molecular complexity index is 862. The molecule has 0 amide bonds. The summed E-state index contributed by atoms with van der Waals surface area (Å²) in [4.78, 5) is 33.5. The molecule has 1 aliphatic rings. The van der Waals surface area contributed by atoms with Gasteiger partial charge in [0.15, 0.2) is 11.6 Å². The minimum absolute atomic E-state index is 0.181. The average molecular weight is 274 g/mol. The van der Waals surface area contributed by atoms with Gasteiger partial charge in [-0.1, -0.05) is 18.2 Å². The number of benzene rings is 1. The standard InChI is InChI=1S/C17H10N2O2/c20-16-12-5-3-8-19-15(12)17(21)14(16)11-7-9-18-13-6-2-1-4-10(11)13/h1-9,14H. The highest BCUT2D eigenvalue weighted by molar-refractivity contribution is 6.29. The molecule has 4 nitrogen and oxygen atoms in total. The number of para-hydroxylation sites is 1. The van der Waals surface area contributed by atoms with Crippen molar-refractivity contribution in [2.75, 3.05) is 0 Å². The van der Waals surface area contributed by atoms with E-state index in [9.17, 15) is 9.59 Å². The first-order chi connectivity index (χ1) is 10.3. The number of hydrogen-bond acceptors (Lipinski definition) is 4. The number of fused-ring (bicyclic) bond motifs is 2. The first kappa shape index (κ1) is 11.9. The van der Waals surface area contributed by atoms with Crippen molar-refractivity contribution >= 4 is 22.5 Å². The fourth-order valence-electron chi connectivity index (χ4n) is 2.86. The molecule has 2 aromatic heterocycles. The second-order valence-electron chi connectivity index (χ2n) is 4.98. The van der Waals surface area contributed by atoms with Gasteiger partial charge < -0.3 is 0 Å². The Morgan fingerprint density at radius 1 is 0.810 bits per heavy atom. The van der Waals surface area contributed by atoms with Crippen LogP contribution >= 0.6 is 0 Å². The van der Waals surface area contributed by atoms with Crippen molar-refractivity contribution in [3.05, 3.63) is 71.7 Å². The number of hydrogen-bond donors (Lipinski definition) is 0. The fraction of sp³-hybridized carbons (Fsp3) is 0.0588. The van der Waals surface area contributed by atoms with Crippen LogP contribution in [0.15, 0.2) is 54.9 Å². The number of ketones is 2. The lowest BCUT2D eigenvalue weighted by Gasteiger charge is -2.10. The molecule has 0 fully saturated rings. The summed E-state index contributed by atoms with van der Waals surface area (Å²) < 4.78 is 0. The van der Waals surface area contributed by atoms with E-state index in [1.807, 2.05) is 24.3 Å². The number of pyridine rings is 2. The van der Waals surface area contributed by atoms with E-state index in [4.69, 9.17) is 0 Å². The van der Waals surface area contributed by atoms with Crippen molar-refractivity contribution in [3.8, 4) is 0 Å². The molecule has 0 bridgehead atoms. The predicted octanol–water partition coefficient (Wildman–Crippen LogP) is 2.79. The van der Waals surface area contributed by atoms with Gasteiger partial charge in [0.2, 0.25) is 0 Å². The van der Waals surface area contributed by atoms with Gasteiger partial charge in [0.1, 0.15) is 11.6 Å².